The fourth-order valence-corrected chi connectivity index (χ4v) is 3.02. The summed E-state index contributed by atoms with van der Waals surface area (Å²) in [7, 11) is 1.66. The maximum atomic E-state index is 14.1. The molecule has 17 heavy (non-hydrogen) atoms. The monoisotopic (exact) mass is 236 g/mol. The summed E-state index contributed by atoms with van der Waals surface area (Å²) in [4.78, 5) is 0. The molecular formula is C15H21FO. The largest absolute Gasteiger partial charge is 0.497 e. The number of rotatable bonds is 3. The summed E-state index contributed by atoms with van der Waals surface area (Å²) in [5.41, 5.74) is 0.873. The van der Waals surface area contributed by atoms with Crippen LogP contribution in [0.5, 0.6) is 5.75 Å². The minimum absolute atomic E-state index is 0.259. The van der Waals surface area contributed by atoms with E-state index in [4.69, 9.17) is 4.74 Å². The molecule has 1 aliphatic rings. The van der Waals surface area contributed by atoms with Gasteiger partial charge >= 0.3 is 0 Å². The van der Waals surface area contributed by atoms with Crippen molar-refractivity contribution in [3.63, 3.8) is 0 Å². The summed E-state index contributed by atoms with van der Waals surface area (Å²) < 4.78 is 19.2. The Kier molecular flexibility index (Phi) is 3.70. The molecule has 1 aliphatic carbocycles. The van der Waals surface area contributed by atoms with Gasteiger partial charge in [-0.05, 0) is 37.5 Å². The molecule has 0 saturated heterocycles. The Morgan fingerprint density at radius 3 is 2.18 bits per heavy atom. The fraction of sp³-hybridized carbons (Fsp3) is 0.600. The van der Waals surface area contributed by atoms with Gasteiger partial charge in [-0.1, -0.05) is 31.4 Å². The van der Waals surface area contributed by atoms with E-state index in [9.17, 15) is 4.39 Å². The highest BCUT2D eigenvalue weighted by Gasteiger charge is 2.39. The van der Waals surface area contributed by atoms with Crippen molar-refractivity contribution in [1.29, 1.82) is 0 Å². The lowest BCUT2D eigenvalue weighted by atomic mass is 9.67. The van der Waals surface area contributed by atoms with Crippen molar-refractivity contribution in [2.45, 2.75) is 50.6 Å². The lowest BCUT2D eigenvalue weighted by Crippen LogP contribution is -2.37. The second-order valence-electron chi connectivity index (χ2n) is 5.06. The summed E-state index contributed by atoms with van der Waals surface area (Å²) in [5, 5.41) is 0. The summed E-state index contributed by atoms with van der Waals surface area (Å²) in [6, 6.07) is 7.93. The van der Waals surface area contributed by atoms with Crippen LogP contribution in [0.2, 0.25) is 0 Å². The molecular weight excluding hydrogens is 215 g/mol. The van der Waals surface area contributed by atoms with E-state index in [1.54, 1.807) is 14.0 Å². The standard InChI is InChI=1S/C15H21FO/c1-12(16)15(10-4-3-5-11-15)13-6-8-14(17-2)9-7-13/h6-9,12H,3-5,10-11H2,1-2H3. The minimum atomic E-state index is -0.781. The first-order chi connectivity index (χ1) is 8.19. The molecule has 1 aromatic carbocycles. The normalized spacial score (nSPS) is 20.9. The molecule has 0 heterocycles. The van der Waals surface area contributed by atoms with E-state index in [1.807, 2.05) is 24.3 Å². The van der Waals surface area contributed by atoms with Crippen molar-refractivity contribution >= 4 is 0 Å². The zero-order valence-electron chi connectivity index (χ0n) is 10.7. The molecule has 0 bridgehead atoms. The highest BCUT2D eigenvalue weighted by atomic mass is 19.1. The van der Waals surface area contributed by atoms with Crippen LogP contribution in [0.15, 0.2) is 24.3 Å². The van der Waals surface area contributed by atoms with Gasteiger partial charge in [0.2, 0.25) is 0 Å². The topological polar surface area (TPSA) is 9.23 Å². The maximum Gasteiger partial charge on any atom is 0.118 e. The molecule has 1 unspecified atom stereocenters. The number of alkyl halides is 1. The molecule has 2 rings (SSSR count). The first kappa shape index (κ1) is 12.4. The highest BCUT2D eigenvalue weighted by Crippen LogP contribution is 2.43. The van der Waals surface area contributed by atoms with E-state index in [0.29, 0.717) is 0 Å². The van der Waals surface area contributed by atoms with Crippen molar-refractivity contribution in [2.75, 3.05) is 7.11 Å². The molecule has 0 amide bonds. The quantitative estimate of drug-likeness (QED) is 0.762. The Labute approximate surface area is 103 Å². The lowest BCUT2D eigenvalue weighted by Gasteiger charge is -2.39. The second-order valence-corrected chi connectivity index (χ2v) is 5.06. The average molecular weight is 236 g/mol. The summed E-state index contributed by atoms with van der Waals surface area (Å²) in [6.45, 7) is 1.70. The van der Waals surface area contributed by atoms with Gasteiger partial charge in [-0.15, -0.1) is 0 Å². The summed E-state index contributed by atoms with van der Waals surface area (Å²) in [5.74, 6) is 0.839. The molecule has 0 aliphatic heterocycles. The van der Waals surface area contributed by atoms with Crippen LogP contribution in [0.1, 0.15) is 44.6 Å². The molecule has 0 radical (unpaired) electrons. The Bertz CT molecular complexity index is 350. The van der Waals surface area contributed by atoms with Gasteiger partial charge in [0, 0.05) is 5.41 Å². The SMILES string of the molecule is COc1ccc(C2(C(C)F)CCCCC2)cc1. The Morgan fingerprint density at radius 1 is 1.12 bits per heavy atom. The van der Waals surface area contributed by atoms with Crippen LogP contribution in [-0.2, 0) is 5.41 Å². The van der Waals surface area contributed by atoms with E-state index in [-0.39, 0.29) is 5.41 Å². The third-order valence-corrected chi connectivity index (χ3v) is 4.17. The molecule has 0 aromatic heterocycles. The van der Waals surface area contributed by atoms with Crippen molar-refractivity contribution in [1.82, 2.24) is 0 Å². The number of hydrogen-bond acceptors (Lipinski definition) is 1. The molecule has 1 fully saturated rings. The molecule has 1 atom stereocenters. The summed E-state index contributed by atoms with van der Waals surface area (Å²) >= 11 is 0. The Balaban J connectivity index is 2.31. The van der Waals surface area contributed by atoms with Crippen LogP contribution in [0, 0.1) is 0 Å². The third-order valence-electron chi connectivity index (χ3n) is 4.17. The van der Waals surface area contributed by atoms with Crippen LogP contribution in [0.3, 0.4) is 0 Å². The van der Waals surface area contributed by atoms with Crippen molar-refractivity contribution < 1.29 is 9.13 Å². The lowest BCUT2D eigenvalue weighted by molar-refractivity contribution is 0.151. The zero-order chi connectivity index (χ0) is 12.3. The van der Waals surface area contributed by atoms with Crippen LogP contribution in [-0.4, -0.2) is 13.3 Å². The van der Waals surface area contributed by atoms with Crippen LogP contribution in [0.4, 0.5) is 4.39 Å². The van der Waals surface area contributed by atoms with E-state index >= 15 is 0 Å². The van der Waals surface area contributed by atoms with E-state index in [0.717, 1.165) is 37.0 Å². The maximum absolute atomic E-state index is 14.1. The highest BCUT2D eigenvalue weighted by molar-refractivity contribution is 5.33. The number of halogens is 1. The Hall–Kier alpha value is -1.05. The van der Waals surface area contributed by atoms with E-state index < -0.39 is 6.17 Å². The van der Waals surface area contributed by atoms with Crippen molar-refractivity contribution in [3.05, 3.63) is 29.8 Å². The first-order valence-electron chi connectivity index (χ1n) is 6.48. The van der Waals surface area contributed by atoms with Gasteiger partial charge in [0.15, 0.2) is 0 Å². The van der Waals surface area contributed by atoms with Crippen molar-refractivity contribution in [2.24, 2.45) is 0 Å². The molecule has 0 N–H and O–H groups in total. The molecule has 94 valence electrons. The fourth-order valence-electron chi connectivity index (χ4n) is 3.02. The van der Waals surface area contributed by atoms with Gasteiger partial charge in [0.1, 0.15) is 11.9 Å². The summed E-state index contributed by atoms with van der Waals surface area (Å²) in [6.07, 6.45) is 4.68. The third kappa shape index (κ3) is 2.31. The Morgan fingerprint density at radius 2 is 1.71 bits per heavy atom. The van der Waals surface area contributed by atoms with Crippen LogP contribution in [0.25, 0.3) is 0 Å². The molecule has 1 aromatic rings. The van der Waals surface area contributed by atoms with Gasteiger partial charge in [-0.25, -0.2) is 4.39 Å². The van der Waals surface area contributed by atoms with Gasteiger partial charge < -0.3 is 4.74 Å². The smallest absolute Gasteiger partial charge is 0.118 e. The molecule has 1 nitrogen and oxygen atoms in total. The second kappa shape index (κ2) is 5.07. The molecule has 0 spiro atoms. The molecule has 1 saturated carbocycles. The molecule has 2 heteroatoms. The zero-order valence-corrected chi connectivity index (χ0v) is 10.7. The van der Waals surface area contributed by atoms with Gasteiger partial charge in [-0.3, -0.25) is 0 Å². The van der Waals surface area contributed by atoms with E-state index in [1.165, 1.54) is 6.42 Å². The van der Waals surface area contributed by atoms with Crippen LogP contribution < -0.4 is 4.74 Å². The minimum Gasteiger partial charge on any atom is -0.497 e. The number of benzene rings is 1. The van der Waals surface area contributed by atoms with Crippen molar-refractivity contribution in [3.8, 4) is 5.75 Å². The van der Waals surface area contributed by atoms with Gasteiger partial charge in [0.05, 0.1) is 7.11 Å². The van der Waals surface area contributed by atoms with E-state index in [2.05, 4.69) is 0 Å². The average Bonchev–Trinajstić information content (AvgIpc) is 2.39. The number of methoxy groups -OCH3 is 1. The first-order valence-corrected chi connectivity index (χ1v) is 6.48. The van der Waals surface area contributed by atoms with Gasteiger partial charge in [0.25, 0.3) is 0 Å². The number of ether oxygens (including phenoxy) is 1. The predicted molar refractivity (Wildman–Crippen MR) is 68.3 cm³/mol. The number of hydrogen-bond donors (Lipinski definition) is 0. The van der Waals surface area contributed by atoms with Gasteiger partial charge in [-0.2, -0.15) is 0 Å². The predicted octanol–water partition coefficient (Wildman–Crippen LogP) is 4.26. The van der Waals surface area contributed by atoms with Crippen LogP contribution >= 0.6 is 0 Å².